The van der Waals surface area contributed by atoms with Crippen LogP contribution in [-0.2, 0) is 34.4 Å². The minimum Gasteiger partial charge on any atom is -0.379 e. The fourth-order valence-corrected chi connectivity index (χ4v) is 5.65. The third-order valence-electron chi connectivity index (χ3n) is 6.69. The van der Waals surface area contributed by atoms with Crippen molar-refractivity contribution in [2.75, 3.05) is 36.9 Å². The molecule has 8 heteroatoms. The number of carbonyl (C=O) groups is 1. The lowest BCUT2D eigenvalue weighted by atomic mass is 10.1. The molecule has 0 aliphatic carbocycles. The van der Waals surface area contributed by atoms with Gasteiger partial charge in [0.05, 0.1) is 31.7 Å². The monoisotopic (exact) mass is 521 g/mol. The number of nitrogens with one attached hydrogen (secondary N) is 1. The first-order valence-corrected chi connectivity index (χ1v) is 14.3. The Morgan fingerprint density at radius 3 is 2.16 bits per heavy atom. The van der Waals surface area contributed by atoms with Crippen LogP contribution in [0, 0.1) is 13.8 Å². The molecule has 0 bridgehead atoms. The summed E-state index contributed by atoms with van der Waals surface area (Å²) < 4.78 is 32.2. The van der Waals surface area contributed by atoms with Crippen LogP contribution in [0.4, 0.5) is 5.69 Å². The molecular formula is C29H35N3O4S. The molecule has 0 aromatic heterocycles. The summed E-state index contributed by atoms with van der Waals surface area (Å²) in [6, 6.07) is 21.0. The van der Waals surface area contributed by atoms with E-state index in [1.807, 2.05) is 62.4 Å². The molecule has 0 spiro atoms. The van der Waals surface area contributed by atoms with Gasteiger partial charge in [-0.1, -0.05) is 54.6 Å². The van der Waals surface area contributed by atoms with E-state index in [0.717, 1.165) is 55.1 Å². The molecule has 0 saturated carbocycles. The molecule has 0 unspecified atom stereocenters. The van der Waals surface area contributed by atoms with Gasteiger partial charge in [-0.15, -0.1) is 0 Å². The maximum absolute atomic E-state index is 12.9. The van der Waals surface area contributed by atoms with E-state index in [2.05, 4.69) is 16.3 Å². The lowest BCUT2D eigenvalue weighted by molar-refractivity contribution is 0.0340. The number of aryl methyl sites for hydroxylation is 2. The van der Waals surface area contributed by atoms with Crippen LogP contribution in [0.15, 0.2) is 66.7 Å². The molecular weight excluding hydrogens is 486 g/mol. The fourth-order valence-electron chi connectivity index (χ4n) is 4.65. The second-order valence-electron chi connectivity index (χ2n) is 9.55. The Labute approximate surface area is 220 Å². The second kappa shape index (κ2) is 11.9. The average Bonchev–Trinajstić information content (AvgIpc) is 2.88. The van der Waals surface area contributed by atoms with Crippen molar-refractivity contribution in [3.05, 3.63) is 100 Å². The maximum atomic E-state index is 12.9. The highest BCUT2D eigenvalue weighted by Crippen LogP contribution is 2.28. The highest BCUT2D eigenvalue weighted by Gasteiger charge is 2.21. The van der Waals surface area contributed by atoms with Crippen LogP contribution in [-0.4, -0.2) is 51.8 Å². The molecule has 3 aromatic rings. The first-order valence-electron chi connectivity index (χ1n) is 12.5. The van der Waals surface area contributed by atoms with Crippen molar-refractivity contribution in [2.24, 2.45) is 0 Å². The van der Waals surface area contributed by atoms with E-state index in [9.17, 15) is 13.2 Å². The Balaban J connectivity index is 1.42. The van der Waals surface area contributed by atoms with Crippen molar-refractivity contribution in [1.29, 1.82) is 0 Å². The highest BCUT2D eigenvalue weighted by atomic mass is 32.2. The summed E-state index contributed by atoms with van der Waals surface area (Å²) in [6.45, 7) is 8.61. The normalized spacial score (nSPS) is 14.4. The van der Waals surface area contributed by atoms with Crippen molar-refractivity contribution in [1.82, 2.24) is 10.2 Å². The Bertz CT molecular complexity index is 1310. The van der Waals surface area contributed by atoms with E-state index < -0.39 is 10.0 Å². The first-order chi connectivity index (χ1) is 17.7. The van der Waals surface area contributed by atoms with Crippen LogP contribution in [0.25, 0.3) is 0 Å². The van der Waals surface area contributed by atoms with Gasteiger partial charge >= 0.3 is 0 Å². The topological polar surface area (TPSA) is 79.0 Å². The van der Waals surface area contributed by atoms with Crippen molar-refractivity contribution in [2.45, 2.75) is 33.5 Å². The number of para-hydroxylation sites is 1. The van der Waals surface area contributed by atoms with Crippen LogP contribution in [0.5, 0.6) is 0 Å². The molecule has 37 heavy (non-hydrogen) atoms. The van der Waals surface area contributed by atoms with E-state index in [0.29, 0.717) is 17.8 Å². The zero-order chi connectivity index (χ0) is 26.4. The summed E-state index contributed by atoms with van der Waals surface area (Å²) in [6.07, 6.45) is 1.22. The van der Waals surface area contributed by atoms with Gasteiger partial charge in [0, 0.05) is 31.7 Å². The van der Waals surface area contributed by atoms with Crippen molar-refractivity contribution < 1.29 is 17.9 Å². The van der Waals surface area contributed by atoms with Gasteiger partial charge in [0.25, 0.3) is 5.91 Å². The molecule has 7 nitrogen and oxygen atoms in total. The van der Waals surface area contributed by atoms with E-state index in [4.69, 9.17) is 4.74 Å². The van der Waals surface area contributed by atoms with Gasteiger partial charge in [-0.3, -0.25) is 14.0 Å². The van der Waals surface area contributed by atoms with E-state index in [1.165, 1.54) is 16.1 Å². The third-order valence-corrected chi connectivity index (χ3v) is 7.80. The lowest BCUT2D eigenvalue weighted by Crippen LogP contribution is -2.36. The number of carbonyl (C=O) groups excluding carboxylic acids is 1. The molecule has 1 aliphatic heterocycles. The molecule has 1 aliphatic rings. The van der Waals surface area contributed by atoms with Gasteiger partial charge in [0.1, 0.15) is 0 Å². The average molecular weight is 522 g/mol. The van der Waals surface area contributed by atoms with Crippen LogP contribution in [0.2, 0.25) is 0 Å². The summed E-state index contributed by atoms with van der Waals surface area (Å²) in [7, 11) is -3.50. The molecule has 1 amide bonds. The Kier molecular flexibility index (Phi) is 8.63. The summed E-state index contributed by atoms with van der Waals surface area (Å²) in [5, 5.41) is 3.03. The quantitative estimate of drug-likeness (QED) is 0.460. The molecule has 0 atom stereocenters. The number of rotatable bonds is 9. The second-order valence-corrected chi connectivity index (χ2v) is 11.5. The SMILES string of the molecule is Cc1cccc(C)c1N(Cc1ccc(C(=O)NCc2ccccc2CN2CCOCC2)cc1)S(C)(=O)=O. The van der Waals surface area contributed by atoms with E-state index >= 15 is 0 Å². The molecule has 0 radical (unpaired) electrons. The zero-order valence-corrected chi connectivity index (χ0v) is 22.6. The third kappa shape index (κ3) is 6.97. The summed E-state index contributed by atoms with van der Waals surface area (Å²) in [5.74, 6) is -0.164. The number of morpholine rings is 1. The summed E-state index contributed by atoms with van der Waals surface area (Å²) in [4.78, 5) is 15.2. The van der Waals surface area contributed by atoms with Gasteiger partial charge in [-0.05, 0) is 53.8 Å². The molecule has 1 saturated heterocycles. The molecule has 1 N–H and O–H groups in total. The minimum atomic E-state index is -3.50. The number of benzene rings is 3. The summed E-state index contributed by atoms with van der Waals surface area (Å²) >= 11 is 0. The number of hydrogen-bond donors (Lipinski definition) is 1. The number of hydrogen-bond acceptors (Lipinski definition) is 5. The fraction of sp³-hybridized carbons (Fsp3) is 0.345. The van der Waals surface area contributed by atoms with Crippen LogP contribution in [0.1, 0.15) is 38.2 Å². The smallest absolute Gasteiger partial charge is 0.251 e. The van der Waals surface area contributed by atoms with Crippen LogP contribution < -0.4 is 9.62 Å². The van der Waals surface area contributed by atoms with Crippen molar-refractivity contribution >= 4 is 21.6 Å². The van der Waals surface area contributed by atoms with Gasteiger partial charge in [-0.2, -0.15) is 0 Å². The molecule has 3 aromatic carbocycles. The predicted molar refractivity (Wildman–Crippen MR) is 147 cm³/mol. The number of amides is 1. The number of sulfonamides is 1. The van der Waals surface area contributed by atoms with Gasteiger partial charge < -0.3 is 10.1 Å². The van der Waals surface area contributed by atoms with Crippen molar-refractivity contribution in [3.8, 4) is 0 Å². The Hall–Kier alpha value is -3.20. The lowest BCUT2D eigenvalue weighted by Gasteiger charge is -2.27. The maximum Gasteiger partial charge on any atom is 0.251 e. The minimum absolute atomic E-state index is 0.164. The Morgan fingerprint density at radius 2 is 1.54 bits per heavy atom. The van der Waals surface area contributed by atoms with Gasteiger partial charge in [0.2, 0.25) is 10.0 Å². The standard InChI is InChI=1S/C29H35N3O4S/c1-22-7-6-8-23(2)28(22)32(37(3,34)35)20-24-11-13-25(14-12-24)29(33)30-19-26-9-4-5-10-27(26)21-31-15-17-36-18-16-31/h4-14H,15-21H2,1-3H3,(H,30,33). The molecule has 1 fully saturated rings. The van der Waals surface area contributed by atoms with Crippen molar-refractivity contribution in [3.63, 3.8) is 0 Å². The van der Waals surface area contributed by atoms with Gasteiger partial charge in [-0.25, -0.2) is 8.42 Å². The molecule has 196 valence electrons. The molecule has 4 rings (SSSR count). The van der Waals surface area contributed by atoms with Crippen LogP contribution >= 0.6 is 0 Å². The van der Waals surface area contributed by atoms with Gasteiger partial charge in [0.15, 0.2) is 0 Å². The first kappa shape index (κ1) is 26.9. The summed E-state index contributed by atoms with van der Waals surface area (Å²) in [5.41, 5.74) is 6.13. The number of anilines is 1. The zero-order valence-electron chi connectivity index (χ0n) is 21.7. The largest absolute Gasteiger partial charge is 0.379 e. The van der Waals surface area contributed by atoms with E-state index in [-0.39, 0.29) is 12.5 Å². The molecule has 1 heterocycles. The highest BCUT2D eigenvalue weighted by molar-refractivity contribution is 7.92. The Morgan fingerprint density at radius 1 is 0.919 bits per heavy atom. The van der Waals surface area contributed by atoms with Crippen LogP contribution in [0.3, 0.4) is 0 Å². The predicted octanol–water partition coefficient (Wildman–Crippen LogP) is 4.03. The number of ether oxygens (including phenoxy) is 1. The number of nitrogens with zero attached hydrogens (tertiary/aromatic N) is 2. The van der Waals surface area contributed by atoms with E-state index in [1.54, 1.807) is 12.1 Å².